The first-order valence-corrected chi connectivity index (χ1v) is 5.03. The van der Waals surface area contributed by atoms with Crippen LogP contribution in [0.1, 0.15) is 26.7 Å². The van der Waals surface area contributed by atoms with E-state index in [1.54, 1.807) is 0 Å². The lowest BCUT2D eigenvalue weighted by Gasteiger charge is -2.16. The van der Waals surface area contributed by atoms with Crippen molar-refractivity contribution in [3.63, 3.8) is 0 Å². The fourth-order valence-electron chi connectivity index (χ4n) is 2.50. The Hall–Kier alpha value is -0.830. The minimum Gasteiger partial charge on any atom is -0.458 e. The normalized spacial score (nSPS) is 35.6. The van der Waals surface area contributed by atoms with Gasteiger partial charge < -0.3 is 9.84 Å². The highest BCUT2D eigenvalue weighted by Crippen LogP contribution is 2.44. The molecule has 0 unspecified atom stereocenters. The molecule has 2 atom stereocenters. The van der Waals surface area contributed by atoms with Gasteiger partial charge in [0, 0.05) is 12.0 Å². The van der Waals surface area contributed by atoms with E-state index in [1.165, 1.54) is 6.08 Å². The maximum Gasteiger partial charge on any atom is 0.331 e. The molecule has 3 heteroatoms. The van der Waals surface area contributed by atoms with Gasteiger partial charge in [-0.1, -0.05) is 13.8 Å². The predicted molar refractivity (Wildman–Crippen MR) is 51.6 cm³/mol. The SMILES string of the molecule is CC1(C)C[C@H](O)[C@H](C2=CC(=O)OC2)C1. The summed E-state index contributed by atoms with van der Waals surface area (Å²) in [6.45, 7) is 4.67. The fourth-order valence-corrected chi connectivity index (χ4v) is 2.50. The molecular weight excluding hydrogens is 180 g/mol. The minimum atomic E-state index is -0.314. The molecule has 14 heavy (non-hydrogen) atoms. The van der Waals surface area contributed by atoms with Crippen molar-refractivity contribution in [2.75, 3.05) is 6.61 Å². The largest absolute Gasteiger partial charge is 0.458 e. The Balaban J connectivity index is 2.13. The first-order chi connectivity index (χ1) is 6.48. The molecule has 1 aliphatic heterocycles. The van der Waals surface area contributed by atoms with Gasteiger partial charge in [0.15, 0.2) is 0 Å². The molecule has 0 bridgehead atoms. The van der Waals surface area contributed by atoms with Crippen molar-refractivity contribution in [1.82, 2.24) is 0 Å². The highest BCUT2D eigenvalue weighted by atomic mass is 16.5. The Morgan fingerprint density at radius 1 is 1.50 bits per heavy atom. The molecule has 1 heterocycles. The topological polar surface area (TPSA) is 46.5 Å². The van der Waals surface area contributed by atoms with Crippen LogP contribution >= 0.6 is 0 Å². The Morgan fingerprint density at radius 3 is 2.64 bits per heavy atom. The van der Waals surface area contributed by atoms with Crippen molar-refractivity contribution in [1.29, 1.82) is 0 Å². The van der Waals surface area contributed by atoms with Crippen LogP contribution in [0.3, 0.4) is 0 Å². The quantitative estimate of drug-likeness (QED) is 0.642. The van der Waals surface area contributed by atoms with Crippen LogP contribution in [0.2, 0.25) is 0 Å². The van der Waals surface area contributed by atoms with Crippen LogP contribution in [0.15, 0.2) is 11.6 Å². The highest BCUT2D eigenvalue weighted by molar-refractivity contribution is 5.85. The Bertz CT molecular complexity index is 291. The number of aliphatic hydroxyl groups excluding tert-OH is 1. The van der Waals surface area contributed by atoms with E-state index in [0.717, 1.165) is 18.4 Å². The van der Waals surface area contributed by atoms with Crippen LogP contribution in [0, 0.1) is 11.3 Å². The van der Waals surface area contributed by atoms with Gasteiger partial charge >= 0.3 is 5.97 Å². The second-order valence-corrected chi connectivity index (χ2v) is 5.07. The van der Waals surface area contributed by atoms with Gasteiger partial charge in [-0.25, -0.2) is 4.79 Å². The molecule has 3 nitrogen and oxygen atoms in total. The number of ether oxygens (including phenoxy) is 1. The summed E-state index contributed by atoms with van der Waals surface area (Å²) in [5, 5.41) is 9.86. The van der Waals surface area contributed by atoms with Crippen LogP contribution in [0.4, 0.5) is 0 Å². The number of carbonyl (C=O) groups is 1. The average molecular weight is 196 g/mol. The standard InChI is InChI=1S/C11H16O3/c1-11(2)4-8(9(12)5-11)7-3-10(13)14-6-7/h3,8-9,12H,4-6H2,1-2H3/t8-,9-/m0/s1. The van der Waals surface area contributed by atoms with Crippen molar-refractivity contribution < 1.29 is 14.6 Å². The molecule has 0 saturated heterocycles. The monoisotopic (exact) mass is 196 g/mol. The molecule has 2 rings (SSSR count). The molecule has 2 aliphatic rings. The number of cyclic esters (lactones) is 1. The van der Waals surface area contributed by atoms with E-state index in [0.29, 0.717) is 6.61 Å². The second-order valence-electron chi connectivity index (χ2n) is 5.07. The third-order valence-corrected chi connectivity index (χ3v) is 3.16. The van der Waals surface area contributed by atoms with E-state index >= 15 is 0 Å². The van der Waals surface area contributed by atoms with Crippen molar-refractivity contribution in [3.05, 3.63) is 11.6 Å². The maximum absolute atomic E-state index is 10.9. The van der Waals surface area contributed by atoms with E-state index in [4.69, 9.17) is 4.74 Å². The van der Waals surface area contributed by atoms with Gasteiger partial charge in [0.2, 0.25) is 0 Å². The van der Waals surface area contributed by atoms with E-state index in [1.807, 2.05) is 0 Å². The van der Waals surface area contributed by atoms with Gasteiger partial charge in [-0.15, -0.1) is 0 Å². The van der Waals surface area contributed by atoms with Crippen molar-refractivity contribution in [2.45, 2.75) is 32.8 Å². The first kappa shape index (κ1) is 9.71. The molecule has 1 saturated carbocycles. The van der Waals surface area contributed by atoms with Crippen LogP contribution in [-0.2, 0) is 9.53 Å². The maximum atomic E-state index is 10.9. The van der Waals surface area contributed by atoms with Crippen molar-refractivity contribution in [2.24, 2.45) is 11.3 Å². The Kier molecular flexibility index (Phi) is 2.14. The molecule has 78 valence electrons. The van der Waals surface area contributed by atoms with Gasteiger partial charge in [0.05, 0.1) is 6.10 Å². The van der Waals surface area contributed by atoms with E-state index in [-0.39, 0.29) is 23.4 Å². The first-order valence-electron chi connectivity index (χ1n) is 5.03. The summed E-state index contributed by atoms with van der Waals surface area (Å²) in [4.78, 5) is 10.9. The number of carbonyl (C=O) groups excluding carboxylic acids is 1. The third-order valence-electron chi connectivity index (χ3n) is 3.16. The lowest BCUT2D eigenvalue weighted by atomic mass is 9.88. The molecule has 0 aromatic carbocycles. The van der Waals surface area contributed by atoms with Crippen LogP contribution in [-0.4, -0.2) is 23.8 Å². The lowest BCUT2D eigenvalue weighted by molar-refractivity contribution is -0.135. The molecule has 1 N–H and O–H groups in total. The Morgan fingerprint density at radius 2 is 2.21 bits per heavy atom. The number of esters is 1. The molecule has 1 fully saturated rings. The van der Waals surface area contributed by atoms with Gasteiger partial charge in [0.25, 0.3) is 0 Å². The van der Waals surface area contributed by atoms with Crippen molar-refractivity contribution in [3.8, 4) is 0 Å². The summed E-state index contributed by atoms with van der Waals surface area (Å²) in [5.41, 5.74) is 1.14. The van der Waals surface area contributed by atoms with Gasteiger partial charge in [-0.3, -0.25) is 0 Å². The second kappa shape index (κ2) is 3.09. The summed E-state index contributed by atoms with van der Waals surface area (Å²) < 4.78 is 4.85. The summed E-state index contributed by atoms with van der Waals surface area (Å²) in [5.74, 6) is -0.145. The van der Waals surface area contributed by atoms with Crippen LogP contribution in [0.25, 0.3) is 0 Å². The molecule has 0 amide bonds. The van der Waals surface area contributed by atoms with Gasteiger partial charge in [0.1, 0.15) is 6.61 Å². The zero-order valence-electron chi connectivity index (χ0n) is 8.62. The molecular formula is C11H16O3. The number of hydrogen-bond donors (Lipinski definition) is 1. The summed E-state index contributed by atoms with van der Waals surface area (Å²) in [7, 11) is 0. The Labute approximate surface area is 83.8 Å². The van der Waals surface area contributed by atoms with Crippen LogP contribution in [0.5, 0.6) is 0 Å². The zero-order chi connectivity index (χ0) is 10.3. The average Bonchev–Trinajstić information content (AvgIpc) is 2.55. The van der Waals surface area contributed by atoms with Crippen molar-refractivity contribution >= 4 is 5.97 Å². The number of aliphatic hydroxyl groups is 1. The van der Waals surface area contributed by atoms with E-state index < -0.39 is 0 Å². The lowest BCUT2D eigenvalue weighted by Crippen LogP contribution is -2.16. The van der Waals surface area contributed by atoms with Gasteiger partial charge in [-0.2, -0.15) is 0 Å². The summed E-state index contributed by atoms with van der Waals surface area (Å²) >= 11 is 0. The minimum absolute atomic E-state index is 0.122. The highest BCUT2D eigenvalue weighted by Gasteiger charge is 2.41. The van der Waals surface area contributed by atoms with Crippen LogP contribution < -0.4 is 0 Å². The number of rotatable bonds is 1. The molecule has 0 aromatic rings. The number of hydrogen-bond acceptors (Lipinski definition) is 3. The molecule has 0 aromatic heterocycles. The predicted octanol–water partition coefficient (Wildman–Crippen LogP) is 1.27. The molecule has 1 aliphatic carbocycles. The molecule has 0 radical (unpaired) electrons. The summed E-state index contributed by atoms with van der Waals surface area (Å²) in [6.07, 6.45) is 2.97. The smallest absolute Gasteiger partial charge is 0.331 e. The summed E-state index contributed by atoms with van der Waals surface area (Å²) in [6, 6.07) is 0. The third kappa shape index (κ3) is 1.69. The zero-order valence-corrected chi connectivity index (χ0v) is 8.62. The van der Waals surface area contributed by atoms with Gasteiger partial charge in [-0.05, 0) is 23.8 Å². The fraction of sp³-hybridized carbons (Fsp3) is 0.727. The van der Waals surface area contributed by atoms with E-state index in [2.05, 4.69) is 13.8 Å². The molecule has 0 spiro atoms. The van der Waals surface area contributed by atoms with E-state index in [9.17, 15) is 9.90 Å².